The highest BCUT2D eigenvalue weighted by Crippen LogP contribution is 2.20. The van der Waals surface area contributed by atoms with Gasteiger partial charge in [-0.15, -0.1) is 13.2 Å². The van der Waals surface area contributed by atoms with Crippen LogP contribution >= 0.6 is 15.9 Å². The molecule has 0 aliphatic heterocycles. The Morgan fingerprint density at radius 3 is 2.30 bits per heavy atom. The number of ether oxygens (including phenoxy) is 1. The second-order valence-electron chi connectivity index (χ2n) is 5.63. The average molecular weight is 429 g/mol. The van der Waals surface area contributed by atoms with Crippen molar-refractivity contribution in [1.29, 1.82) is 0 Å². The number of anilines is 1. The van der Waals surface area contributed by atoms with Gasteiger partial charge >= 0.3 is 0 Å². The zero-order valence-corrected chi connectivity index (χ0v) is 16.4. The summed E-state index contributed by atoms with van der Waals surface area (Å²) in [7, 11) is 0. The van der Waals surface area contributed by atoms with Crippen LogP contribution in [0.5, 0.6) is 5.75 Å². The van der Waals surface area contributed by atoms with E-state index in [0.29, 0.717) is 30.1 Å². The Morgan fingerprint density at radius 1 is 1.04 bits per heavy atom. The lowest BCUT2D eigenvalue weighted by Gasteiger charge is -2.21. The molecule has 2 amide bonds. The first kappa shape index (κ1) is 20.5. The number of hydrogen-bond acceptors (Lipinski definition) is 3. The van der Waals surface area contributed by atoms with Crippen LogP contribution in [0.1, 0.15) is 10.4 Å². The average Bonchev–Trinajstić information content (AvgIpc) is 2.68. The number of carbonyl (C=O) groups excluding carboxylic acids is 2. The fourth-order valence-electron chi connectivity index (χ4n) is 2.37. The minimum atomic E-state index is -0.311. The molecule has 0 spiro atoms. The maximum Gasteiger partial charge on any atom is 0.262 e. The van der Waals surface area contributed by atoms with Crippen LogP contribution < -0.4 is 10.1 Å². The van der Waals surface area contributed by atoms with E-state index in [1.54, 1.807) is 53.5 Å². The van der Waals surface area contributed by atoms with Crippen LogP contribution in [0.4, 0.5) is 5.69 Å². The minimum absolute atomic E-state index is 0.205. The van der Waals surface area contributed by atoms with Crippen molar-refractivity contribution in [1.82, 2.24) is 4.90 Å². The number of amides is 2. The number of halogens is 1. The number of benzene rings is 2. The van der Waals surface area contributed by atoms with E-state index >= 15 is 0 Å². The van der Waals surface area contributed by atoms with E-state index in [-0.39, 0.29) is 18.4 Å². The Labute approximate surface area is 167 Å². The SMILES string of the molecule is C=CCN(CC=C)C(=O)c1ccccc1OCC(=O)Nc1ccc(Br)cc1. The molecule has 0 atom stereocenters. The predicted molar refractivity (Wildman–Crippen MR) is 111 cm³/mol. The summed E-state index contributed by atoms with van der Waals surface area (Å²) < 4.78 is 6.53. The molecule has 0 heterocycles. The van der Waals surface area contributed by atoms with Crippen LogP contribution in [0.15, 0.2) is 78.3 Å². The third-order valence-electron chi connectivity index (χ3n) is 3.59. The summed E-state index contributed by atoms with van der Waals surface area (Å²) >= 11 is 3.34. The smallest absolute Gasteiger partial charge is 0.262 e. The van der Waals surface area contributed by atoms with Gasteiger partial charge in [-0.1, -0.05) is 40.2 Å². The molecule has 2 aromatic carbocycles. The molecule has 5 nitrogen and oxygen atoms in total. The van der Waals surface area contributed by atoms with E-state index < -0.39 is 0 Å². The molecule has 0 aliphatic carbocycles. The second-order valence-corrected chi connectivity index (χ2v) is 6.54. The molecule has 0 fully saturated rings. The Hall–Kier alpha value is -2.86. The van der Waals surface area contributed by atoms with Gasteiger partial charge in [0.1, 0.15) is 5.75 Å². The van der Waals surface area contributed by atoms with E-state index in [4.69, 9.17) is 4.74 Å². The third kappa shape index (κ3) is 6.11. The Balaban J connectivity index is 2.05. The molecule has 140 valence electrons. The summed E-state index contributed by atoms with van der Waals surface area (Å²) in [6.45, 7) is 7.92. The molecule has 0 bridgehead atoms. The molecule has 0 saturated heterocycles. The fourth-order valence-corrected chi connectivity index (χ4v) is 2.63. The summed E-state index contributed by atoms with van der Waals surface area (Å²) in [4.78, 5) is 26.5. The van der Waals surface area contributed by atoms with Crippen molar-refractivity contribution in [2.45, 2.75) is 0 Å². The van der Waals surface area contributed by atoms with Gasteiger partial charge in [-0.05, 0) is 36.4 Å². The molecular weight excluding hydrogens is 408 g/mol. The van der Waals surface area contributed by atoms with Crippen molar-refractivity contribution in [3.8, 4) is 5.75 Å². The number of nitrogens with zero attached hydrogens (tertiary/aromatic N) is 1. The van der Waals surface area contributed by atoms with Gasteiger partial charge in [0.25, 0.3) is 11.8 Å². The number of para-hydroxylation sites is 1. The second kappa shape index (κ2) is 10.3. The Kier molecular flexibility index (Phi) is 7.82. The molecule has 0 radical (unpaired) electrons. The summed E-state index contributed by atoms with van der Waals surface area (Å²) in [5, 5.41) is 2.74. The first-order valence-electron chi connectivity index (χ1n) is 8.33. The summed E-state index contributed by atoms with van der Waals surface area (Å²) in [5.74, 6) is -0.168. The van der Waals surface area contributed by atoms with Gasteiger partial charge in [0.15, 0.2) is 6.61 Å². The van der Waals surface area contributed by atoms with Gasteiger partial charge in [0.05, 0.1) is 5.56 Å². The molecule has 0 saturated carbocycles. The van der Waals surface area contributed by atoms with Gasteiger partial charge in [-0.2, -0.15) is 0 Å². The highest BCUT2D eigenvalue weighted by atomic mass is 79.9. The zero-order chi connectivity index (χ0) is 19.6. The van der Waals surface area contributed by atoms with E-state index in [9.17, 15) is 9.59 Å². The van der Waals surface area contributed by atoms with Crippen molar-refractivity contribution >= 4 is 33.4 Å². The molecule has 2 rings (SSSR count). The predicted octanol–water partition coefficient (Wildman–Crippen LogP) is 4.28. The third-order valence-corrected chi connectivity index (χ3v) is 4.12. The van der Waals surface area contributed by atoms with Crippen LogP contribution in [0.2, 0.25) is 0 Å². The molecule has 0 aliphatic rings. The maximum atomic E-state index is 12.8. The van der Waals surface area contributed by atoms with Crippen molar-refractivity contribution in [2.24, 2.45) is 0 Å². The van der Waals surface area contributed by atoms with E-state index in [0.717, 1.165) is 4.47 Å². The van der Waals surface area contributed by atoms with Crippen LogP contribution in [0.3, 0.4) is 0 Å². The summed E-state index contributed by atoms with van der Waals surface area (Å²) in [6.07, 6.45) is 3.30. The number of rotatable bonds is 9. The monoisotopic (exact) mass is 428 g/mol. The zero-order valence-electron chi connectivity index (χ0n) is 14.9. The van der Waals surface area contributed by atoms with Gasteiger partial charge in [0, 0.05) is 23.2 Å². The van der Waals surface area contributed by atoms with E-state index in [1.165, 1.54) is 0 Å². The molecule has 27 heavy (non-hydrogen) atoms. The lowest BCUT2D eigenvalue weighted by Crippen LogP contribution is -2.32. The van der Waals surface area contributed by atoms with Crippen LogP contribution in [0.25, 0.3) is 0 Å². The van der Waals surface area contributed by atoms with Crippen LogP contribution in [-0.2, 0) is 4.79 Å². The topological polar surface area (TPSA) is 58.6 Å². The van der Waals surface area contributed by atoms with Crippen molar-refractivity contribution in [2.75, 3.05) is 25.0 Å². The maximum absolute atomic E-state index is 12.8. The molecule has 0 aromatic heterocycles. The van der Waals surface area contributed by atoms with Gasteiger partial charge in [0.2, 0.25) is 0 Å². The van der Waals surface area contributed by atoms with Crippen LogP contribution in [-0.4, -0.2) is 36.4 Å². The highest BCUT2D eigenvalue weighted by Gasteiger charge is 2.18. The van der Waals surface area contributed by atoms with E-state index in [2.05, 4.69) is 34.4 Å². The van der Waals surface area contributed by atoms with Crippen LogP contribution in [0, 0.1) is 0 Å². The van der Waals surface area contributed by atoms with Crippen molar-refractivity contribution in [3.05, 3.63) is 83.9 Å². The quantitative estimate of drug-likeness (QED) is 0.606. The normalized spacial score (nSPS) is 9.96. The Morgan fingerprint density at radius 2 is 1.67 bits per heavy atom. The fraction of sp³-hybridized carbons (Fsp3) is 0.143. The molecular formula is C21H21BrN2O3. The molecule has 6 heteroatoms. The first-order chi connectivity index (χ1) is 13.0. The van der Waals surface area contributed by atoms with Gasteiger partial charge in [-0.25, -0.2) is 0 Å². The number of carbonyl (C=O) groups is 2. The van der Waals surface area contributed by atoms with Gasteiger partial charge < -0.3 is 15.0 Å². The molecule has 0 unspecified atom stereocenters. The molecule has 1 N–H and O–H groups in total. The van der Waals surface area contributed by atoms with E-state index in [1.807, 2.05) is 12.1 Å². The lowest BCUT2D eigenvalue weighted by molar-refractivity contribution is -0.118. The molecule has 2 aromatic rings. The standard InChI is InChI=1S/C21H21BrN2O3/c1-3-13-24(14-4-2)21(26)18-7-5-6-8-19(18)27-15-20(25)23-17-11-9-16(22)10-12-17/h3-12H,1-2,13-15H2,(H,23,25). The lowest BCUT2D eigenvalue weighted by atomic mass is 10.1. The largest absolute Gasteiger partial charge is 0.483 e. The van der Waals surface area contributed by atoms with Crippen molar-refractivity contribution < 1.29 is 14.3 Å². The first-order valence-corrected chi connectivity index (χ1v) is 9.12. The highest BCUT2D eigenvalue weighted by molar-refractivity contribution is 9.10. The minimum Gasteiger partial charge on any atom is -0.483 e. The number of nitrogens with one attached hydrogen (secondary N) is 1. The number of hydrogen-bond donors (Lipinski definition) is 1. The summed E-state index contributed by atoms with van der Waals surface area (Å²) in [5.41, 5.74) is 1.05. The Bertz CT molecular complexity index is 808. The van der Waals surface area contributed by atoms with Gasteiger partial charge in [-0.3, -0.25) is 9.59 Å². The van der Waals surface area contributed by atoms with Crippen molar-refractivity contribution in [3.63, 3.8) is 0 Å². The summed E-state index contributed by atoms with van der Waals surface area (Å²) in [6, 6.07) is 14.1.